The van der Waals surface area contributed by atoms with Gasteiger partial charge in [0.15, 0.2) is 5.69 Å². The van der Waals surface area contributed by atoms with E-state index in [1.54, 1.807) is 41.0 Å². The molecule has 0 fully saturated rings. The van der Waals surface area contributed by atoms with Gasteiger partial charge in [0.05, 0.1) is 23.3 Å². The van der Waals surface area contributed by atoms with Crippen LogP contribution in [0.3, 0.4) is 0 Å². The molecule has 8 heteroatoms. The van der Waals surface area contributed by atoms with E-state index in [1.807, 2.05) is 12.1 Å². The van der Waals surface area contributed by atoms with Crippen molar-refractivity contribution in [3.63, 3.8) is 0 Å². The lowest BCUT2D eigenvalue weighted by molar-refractivity contribution is -0.137. The first-order valence-electron chi connectivity index (χ1n) is 8.98. The molecule has 0 amide bonds. The number of nitrogens with zero attached hydrogens (tertiary/aromatic N) is 3. The summed E-state index contributed by atoms with van der Waals surface area (Å²) in [7, 11) is 0. The molecule has 4 aromatic rings. The van der Waals surface area contributed by atoms with Crippen molar-refractivity contribution in [2.24, 2.45) is 10.2 Å². The van der Waals surface area contributed by atoms with Crippen LogP contribution in [0.5, 0.6) is 5.88 Å². The minimum atomic E-state index is -4.56. The minimum absolute atomic E-state index is 0.0923. The van der Waals surface area contributed by atoms with E-state index in [2.05, 4.69) is 10.2 Å². The molecule has 30 heavy (non-hydrogen) atoms. The molecule has 0 aliphatic rings. The molecule has 0 saturated carbocycles. The number of para-hydroxylation sites is 1. The van der Waals surface area contributed by atoms with Crippen LogP contribution in [0.2, 0.25) is 5.02 Å². The van der Waals surface area contributed by atoms with Gasteiger partial charge in [0.1, 0.15) is 0 Å². The molecule has 0 radical (unpaired) electrons. The van der Waals surface area contributed by atoms with Crippen molar-refractivity contribution in [1.29, 1.82) is 0 Å². The van der Waals surface area contributed by atoms with Crippen molar-refractivity contribution >= 4 is 33.9 Å². The van der Waals surface area contributed by atoms with E-state index in [4.69, 9.17) is 11.6 Å². The largest absolute Gasteiger partial charge is 0.493 e. The number of aromatic nitrogens is 1. The smallest absolute Gasteiger partial charge is 0.418 e. The second-order valence-electron chi connectivity index (χ2n) is 6.58. The average molecular weight is 430 g/mol. The molecule has 1 heterocycles. The Bertz CT molecular complexity index is 1250. The molecule has 0 spiro atoms. The number of fused-ring (bicyclic) bond motifs is 1. The standard InChI is InChI=1S/C22H15ClF3N3O/c23-17-10-4-1-7-14(17)13-29-19-12-6-2-8-15(19)20(21(29)30)28-27-18-11-5-3-9-16(18)22(24,25)26/h1-12,30H,13H2. The van der Waals surface area contributed by atoms with Crippen LogP contribution in [0.1, 0.15) is 11.1 Å². The van der Waals surface area contributed by atoms with Crippen LogP contribution in [-0.4, -0.2) is 9.67 Å². The summed E-state index contributed by atoms with van der Waals surface area (Å²) >= 11 is 6.24. The summed E-state index contributed by atoms with van der Waals surface area (Å²) < 4.78 is 41.3. The van der Waals surface area contributed by atoms with Gasteiger partial charge in [-0.25, -0.2) is 0 Å². The maximum atomic E-state index is 13.2. The molecule has 152 valence electrons. The fraction of sp³-hybridized carbons (Fsp3) is 0.0909. The first kappa shape index (κ1) is 20.0. The maximum absolute atomic E-state index is 13.2. The lowest BCUT2D eigenvalue weighted by Gasteiger charge is -2.09. The number of hydrogen-bond acceptors (Lipinski definition) is 3. The SMILES string of the molecule is Oc1c(N=Nc2ccccc2C(F)(F)F)c2ccccc2n1Cc1ccccc1Cl. The van der Waals surface area contributed by atoms with Crippen LogP contribution in [0.4, 0.5) is 24.5 Å². The Hall–Kier alpha value is -3.32. The molecular formula is C22H15ClF3N3O. The van der Waals surface area contributed by atoms with Crippen molar-refractivity contribution < 1.29 is 18.3 Å². The lowest BCUT2D eigenvalue weighted by Crippen LogP contribution is -2.04. The van der Waals surface area contributed by atoms with Gasteiger partial charge in [-0.1, -0.05) is 60.1 Å². The van der Waals surface area contributed by atoms with Gasteiger partial charge in [-0.15, -0.1) is 10.2 Å². The topological polar surface area (TPSA) is 49.9 Å². The molecule has 0 atom stereocenters. The lowest BCUT2D eigenvalue weighted by atomic mass is 10.2. The Kier molecular flexibility index (Phi) is 5.22. The Morgan fingerprint density at radius 1 is 0.867 bits per heavy atom. The molecule has 1 N–H and O–H groups in total. The molecule has 4 rings (SSSR count). The van der Waals surface area contributed by atoms with Gasteiger partial charge in [-0.3, -0.25) is 0 Å². The van der Waals surface area contributed by atoms with E-state index >= 15 is 0 Å². The fourth-order valence-corrected chi connectivity index (χ4v) is 3.43. The van der Waals surface area contributed by atoms with Crippen LogP contribution in [0.25, 0.3) is 10.9 Å². The number of alkyl halides is 3. The minimum Gasteiger partial charge on any atom is -0.493 e. The number of azo groups is 1. The summed E-state index contributed by atoms with van der Waals surface area (Å²) in [5.74, 6) is -0.204. The molecule has 0 aliphatic heterocycles. The average Bonchev–Trinajstić information content (AvgIpc) is 2.99. The Balaban J connectivity index is 1.81. The summed E-state index contributed by atoms with van der Waals surface area (Å²) in [5.41, 5.74) is 0.309. The van der Waals surface area contributed by atoms with Crippen LogP contribution >= 0.6 is 11.6 Å². The third kappa shape index (κ3) is 3.76. The molecule has 3 aromatic carbocycles. The zero-order valence-electron chi connectivity index (χ0n) is 15.4. The highest BCUT2D eigenvalue weighted by Gasteiger charge is 2.33. The van der Waals surface area contributed by atoms with Gasteiger partial charge in [0.2, 0.25) is 5.88 Å². The third-order valence-electron chi connectivity index (χ3n) is 4.67. The Morgan fingerprint density at radius 3 is 2.30 bits per heavy atom. The Morgan fingerprint density at radius 2 is 1.53 bits per heavy atom. The van der Waals surface area contributed by atoms with Crippen LogP contribution in [0, 0.1) is 0 Å². The van der Waals surface area contributed by atoms with E-state index in [-0.39, 0.29) is 23.8 Å². The molecule has 0 aliphatic carbocycles. The summed E-state index contributed by atoms with van der Waals surface area (Å²) in [4.78, 5) is 0. The number of benzene rings is 3. The zero-order valence-corrected chi connectivity index (χ0v) is 16.2. The van der Waals surface area contributed by atoms with Crippen LogP contribution in [0.15, 0.2) is 83.0 Å². The summed E-state index contributed by atoms with van der Waals surface area (Å²) in [6, 6.07) is 19.2. The van der Waals surface area contributed by atoms with Crippen molar-refractivity contribution in [1.82, 2.24) is 4.57 Å². The van der Waals surface area contributed by atoms with Crippen LogP contribution in [-0.2, 0) is 12.7 Å². The number of aromatic hydroxyl groups is 1. The van der Waals surface area contributed by atoms with Gasteiger partial charge in [-0.2, -0.15) is 13.2 Å². The number of rotatable bonds is 4. The predicted octanol–water partition coefficient (Wildman–Crippen LogP) is 7.48. The first-order chi connectivity index (χ1) is 14.4. The molecular weight excluding hydrogens is 415 g/mol. The third-order valence-corrected chi connectivity index (χ3v) is 5.04. The Labute approximate surface area is 174 Å². The zero-order chi connectivity index (χ0) is 21.3. The first-order valence-corrected chi connectivity index (χ1v) is 9.35. The van der Waals surface area contributed by atoms with Gasteiger partial charge in [0.25, 0.3) is 0 Å². The van der Waals surface area contributed by atoms with E-state index in [9.17, 15) is 18.3 Å². The normalized spacial score (nSPS) is 12.1. The van der Waals surface area contributed by atoms with E-state index in [1.165, 1.54) is 18.2 Å². The molecule has 4 nitrogen and oxygen atoms in total. The molecule has 0 bridgehead atoms. The highest BCUT2D eigenvalue weighted by atomic mass is 35.5. The highest BCUT2D eigenvalue weighted by molar-refractivity contribution is 6.31. The van der Waals surface area contributed by atoms with Crippen molar-refractivity contribution in [3.8, 4) is 5.88 Å². The quantitative estimate of drug-likeness (QED) is 0.336. The fourth-order valence-electron chi connectivity index (χ4n) is 3.23. The van der Waals surface area contributed by atoms with E-state index in [0.717, 1.165) is 11.6 Å². The van der Waals surface area contributed by atoms with Crippen LogP contribution < -0.4 is 0 Å². The van der Waals surface area contributed by atoms with Crippen molar-refractivity contribution in [2.75, 3.05) is 0 Å². The van der Waals surface area contributed by atoms with E-state index in [0.29, 0.717) is 15.9 Å². The number of halogens is 4. The summed E-state index contributed by atoms with van der Waals surface area (Å²) in [6.07, 6.45) is -4.56. The molecule has 0 saturated heterocycles. The number of hydrogen-bond donors (Lipinski definition) is 1. The second kappa shape index (κ2) is 7.84. The van der Waals surface area contributed by atoms with Gasteiger partial charge < -0.3 is 9.67 Å². The second-order valence-corrected chi connectivity index (χ2v) is 6.99. The van der Waals surface area contributed by atoms with Crippen molar-refractivity contribution in [2.45, 2.75) is 12.7 Å². The maximum Gasteiger partial charge on any atom is 0.418 e. The summed E-state index contributed by atoms with van der Waals surface area (Å²) in [6.45, 7) is 0.265. The predicted molar refractivity (Wildman–Crippen MR) is 110 cm³/mol. The molecule has 0 unspecified atom stereocenters. The molecule has 1 aromatic heterocycles. The van der Waals surface area contributed by atoms with Gasteiger partial charge in [0, 0.05) is 10.4 Å². The van der Waals surface area contributed by atoms with Gasteiger partial charge >= 0.3 is 6.18 Å². The highest BCUT2D eigenvalue weighted by Crippen LogP contribution is 2.42. The summed E-state index contributed by atoms with van der Waals surface area (Å²) in [5, 5.41) is 19.7. The monoisotopic (exact) mass is 429 g/mol. The van der Waals surface area contributed by atoms with E-state index < -0.39 is 11.7 Å². The van der Waals surface area contributed by atoms with Gasteiger partial charge in [-0.05, 0) is 29.8 Å². The van der Waals surface area contributed by atoms with Crippen molar-refractivity contribution in [3.05, 3.63) is 88.9 Å².